The summed E-state index contributed by atoms with van der Waals surface area (Å²) in [6.07, 6.45) is 5.27. The Morgan fingerprint density at radius 1 is 1.21 bits per heavy atom. The SMILES string of the molecule is Fc1ccc(CNC2CCN(C3CC3)CC2)c(Br)c1. The first-order chi connectivity index (χ1) is 9.22. The van der Waals surface area contributed by atoms with Crippen molar-refractivity contribution in [2.75, 3.05) is 13.1 Å². The van der Waals surface area contributed by atoms with E-state index in [2.05, 4.69) is 26.1 Å². The molecular weight excluding hydrogens is 307 g/mol. The maximum atomic E-state index is 13.0. The highest BCUT2D eigenvalue weighted by Gasteiger charge is 2.31. The van der Waals surface area contributed by atoms with Gasteiger partial charge in [-0.15, -0.1) is 0 Å². The molecule has 1 aliphatic heterocycles. The van der Waals surface area contributed by atoms with Crippen molar-refractivity contribution in [1.82, 2.24) is 10.2 Å². The minimum Gasteiger partial charge on any atom is -0.310 e. The third kappa shape index (κ3) is 3.56. The molecule has 0 spiro atoms. The molecule has 0 unspecified atom stereocenters. The average Bonchev–Trinajstić information content (AvgIpc) is 3.23. The Morgan fingerprint density at radius 2 is 1.95 bits per heavy atom. The molecule has 1 aromatic carbocycles. The van der Waals surface area contributed by atoms with Gasteiger partial charge in [0.25, 0.3) is 0 Å². The van der Waals surface area contributed by atoms with Crippen molar-refractivity contribution >= 4 is 15.9 Å². The van der Waals surface area contributed by atoms with Crippen LogP contribution >= 0.6 is 15.9 Å². The second-order valence-electron chi connectivity index (χ2n) is 5.66. The van der Waals surface area contributed by atoms with Gasteiger partial charge in [-0.3, -0.25) is 0 Å². The summed E-state index contributed by atoms with van der Waals surface area (Å²) in [5, 5.41) is 3.60. The van der Waals surface area contributed by atoms with Crippen LogP contribution in [0.15, 0.2) is 22.7 Å². The number of nitrogens with one attached hydrogen (secondary N) is 1. The summed E-state index contributed by atoms with van der Waals surface area (Å²) < 4.78 is 13.9. The zero-order valence-corrected chi connectivity index (χ0v) is 12.6. The van der Waals surface area contributed by atoms with Crippen LogP contribution in [-0.2, 0) is 6.54 Å². The number of hydrogen-bond donors (Lipinski definition) is 1. The molecule has 1 saturated heterocycles. The van der Waals surface area contributed by atoms with Crippen molar-refractivity contribution < 1.29 is 4.39 Å². The van der Waals surface area contributed by atoms with Crippen molar-refractivity contribution in [1.29, 1.82) is 0 Å². The molecule has 0 bridgehead atoms. The second-order valence-corrected chi connectivity index (χ2v) is 6.51. The van der Waals surface area contributed by atoms with E-state index in [4.69, 9.17) is 0 Å². The number of nitrogens with zero attached hydrogens (tertiary/aromatic N) is 1. The van der Waals surface area contributed by atoms with Crippen LogP contribution in [0.25, 0.3) is 0 Å². The maximum absolute atomic E-state index is 13.0. The van der Waals surface area contributed by atoms with Crippen LogP contribution in [0.2, 0.25) is 0 Å². The smallest absolute Gasteiger partial charge is 0.124 e. The van der Waals surface area contributed by atoms with Crippen LogP contribution < -0.4 is 5.32 Å². The Labute approximate surface area is 122 Å². The summed E-state index contributed by atoms with van der Waals surface area (Å²) in [4.78, 5) is 2.63. The van der Waals surface area contributed by atoms with E-state index in [0.29, 0.717) is 6.04 Å². The van der Waals surface area contributed by atoms with E-state index in [1.165, 1.54) is 50.9 Å². The van der Waals surface area contributed by atoms with Gasteiger partial charge in [0.05, 0.1) is 0 Å². The molecule has 0 radical (unpaired) electrons. The lowest BCUT2D eigenvalue weighted by molar-refractivity contribution is 0.189. The van der Waals surface area contributed by atoms with Gasteiger partial charge in [0.1, 0.15) is 5.82 Å². The fourth-order valence-electron chi connectivity index (χ4n) is 2.83. The monoisotopic (exact) mass is 326 g/mol. The highest BCUT2D eigenvalue weighted by molar-refractivity contribution is 9.10. The Balaban J connectivity index is 1.47. The van der Waals surface area contributed by atoms with Gasteiger partial charge < -0.3 is 10.2 Å². The average molecular weight is 327 g/mol. The lowest BCUT2D eigenvalue weighted by Gasteiger charge is -2.32. The normalized spacial score (nSPS) is 21.8. The molecule has 1 saturated carbocycles. The summed E-state index contributed by atoms with van der Waals surface area (Å²) >= 11 is 3.42. The predicted molar refractivity (Wildman–Crippen MR) is 78.6 cm³/mol. The lowest BCUT2D eigenvalue weighted by Crippen LogP contribution is -2.43. The largest absolute Gasteiger partial charge is 0.310 e. The van der Waals surface area contributed by atoms with Gasteiger partial charge in [0.2, 0.25) is 0 Å². The number of halogens is 2. The quantitative estimate of drug-likeness (QED) is 0.913. The fraction of sp³-hybridized carbons (Fsp3) is 0.600. The van der Waals surface area contributed by atoms with Crippen molar-refractivity contribution in [3.63, 3.8) is 0 Å². The third-order valence-electron chi connectivity index (χ3n) is 4.19. The first kappa shape index (κ1) is 13.5. The van der Waals surface area contributed by atoms with E-state index >= 15 is 0 Å². The molecule has 1 aliphatic carbocycles. The molecule has 2 aliphatic rings. The van der Waals surface area contributed by atoms with E-state index in [9.17, 15) is 4.39 Å². The molecule has 0 amide bonds. The summed E-state index contributed by atoms with van der Waals surface area (Å²) in [5.41, 5.74) is 1.13. The first-order valence-electron chi connectivity index (χ1n) is 7.14. The van der Waals surface area contributed by atoms with E-state index in [1.54, 1.807) is 0 Å². The van der Waals surface area contributed by atoms with E-state index < -0.39 is 0 Å². The number of piperidine rings is 1. The Morgan fingerprint density at radius 3 is 2.58 bits per heavy atom. The molecule has 1 heterocycles. The number of benzene rings is 1. The minimum absolute atomic E-state index is 0.187. The molecule has 4 heteroatoms. The van der Waals surface area contributed by atoms with E-state index in [0.717, 1.165) is 22.6 Å². The fourth-order valence-corrected chi connectivity index (χ4v) is 3.32. The minimum atomic E-state index is -0.187. The molecule has 1 N–H and O–H groups in total. The standard InChI is InChI=1S/C15H20BrFN2/c16-15-9-12(17)2-1-11(15)10-18-13-5-7-19(8-6-13)14-3-4-14/h1-2,9,13-14,18H,3-8,10H2. The maximum Gasteiger partial charge on any atom is 0.124 e. The highest BCUT2D eigenvalue weighted by atomic mass is 79.9. The number of hydrogen-bond acceptors (Lipinski definition) is 2. The number of rotatable bonds is 4. The van der Waals surface area contributed by atoms with Gasteiger partial charge >= 0.3 is 0 Å². The molecule has 19 heavy (non-hydrogen) atoms. The number of likely N-dealkylation sites (tertiary alicyclic amines) is 1. The van der Waals surface area contributed by atoms with E-state index in [-0.39, 0.29) is 5.82 Å². The molecule has 3 rings (SSSR count). The molecule has 2 nitrogen and oxygen atoms in total. The highest BCUT2D eigenvalue weighted by Crippen LogP contribution is 2.29. The summed E-state index contributed by atoms with van der Waals surface area (Å²) in [5.74, 6) is -0.187. The molecule has 0 aromatic heterocycles. The lowest BCUT2D eigenvalue weighted by atomic mass is 10.0. The molecule has 2 fully saturated rings. The zero-order chi connectivity index (χ0) is 13.2. The van der Waals surface area contributed by atoms with Crippen molar-refractivity contribution in [3.8, 4) is 0 Å². The van der Waals surface area contributed by atoms with Gasteiger partial charge in [0, 0.05) is 23.1 Å². The van der Waals surface area contributed by atoms with Crippen molar-refractivity contribution in [2.24, 2.45) is 0 Å². The molecule has 0 atom stereocenters. The first-order valence-corrected chi connectivity index (χ1v) is 7.93. The van der Waals surface area contributed by atoms with Crippen LogP contribution in [0.3, 0.4) is 0 Å². The second kappa shape index (κ2) is 5.90. The zero-order valence-electron chi connectivity index (χ0n) is 11.0. The van der Waals surface area contributed by atoms with Crippen LogP contribution in [0.1, 0.15) is 31.2 Å². The van der Waals surface area contributed by atoms with Gasteiger partial charge in [-0.1, -0.05) is 22.0 Å². The van der Waals surface area contributed by atoms with Gasteiger partial charge in [-0.25, -0.2) is 4.39 Å². The molecular formula is C15H20BrFN2. The van der Waals surface area contributed by atoms with Gasteiger partial charge in [-0.2, -0.15) is 0 Å². The van der Waals surface area contributed by atoms with E-state index in [1.807, 2.05) is 6.07 Å². The topological polar surface area (TPSA) is 15.3 Å². The van der Waals surface area contributed by atoms with Crippen LogP contribution in [-0.4, -0.2) is 30.1 Å². The predicted octanol–water partition coefficient (Wildman–Crippen LogP) is 3.30. The summed E-state index contributed by atoms with van der Waals surface area (Å²) in [6, 6.07) is 6.41. The molecule has 104 valence electrons. The van der Waals surface area contributed by atoms with Crippen molar-refractivity contribution in [3.05, 3.63) is 34.1 Å². The third-order valence-corrected chi connectivity index (χ3v) is 4.93. The Hall–Kier alpha value is -0.450. The van der Waals surface area contributed by atoms with Gasteiger partial charge in [0.15, 0.2) is 0 Å². The van der Waals surface area contributed by atoms with Crippen molar-refractivity contribution in [2.45, 2.75) is 44.3 Å². The Kier molecular flexibility index (Phi) is 4.20. The summed E-state index contributed by atoms with van der Waals surface area (Å²) in [7, 11) is 0. The van der Waals surface area contributed by atoms with Crippen LogP contribution in [0.5, 0.6) is 0 Å². The molecule has 1 aromatic rings. The summed E-state index contributed by atoms with van der Waals surface area (Å²) in [6.45, 7) is 3.27. The van der Waals surface area contributed by atoms with Crippen LogP contribution in [0.4, 0.5) is 4.39 Å². The van der Waals surface area contributed by atoms with Crippen LogP contribution in [0, 0.1) is 5.82 Å². The Bertz CT molecular complexity index is 440. The van der Waals surface area contributed by atoms with Gasteiger partial charge in [-0.05, 0) is 56.5 Å².